The zero-order valence-corrected chi connectivity index (χ0v) is 21.6. The van der Waals surface area contributed by atoms with Crippen molar-refractivity contribution in [2.45, 2.75) is 50.7 Å². The van der Waals surface area contributed by atoms with Crippen molar-refractivity contribution in [3.63, 3.8) is 0 Å². The van der Waals surface area contributed by atoms with Crippen LogP contribution in [0.15, 0.2) is 30.5 Å². The number of carbonyl (C=O) groups is 1. The Bertz CT molecular complexity index is 1280. The van der Waals surface area contributed by atoms with Crippen LogP contribution in [0.5, 0.6) is 0 Å². The minimum absolute atomic E-state index is 0.0174. The average molecular weight is 512 g/mol. The normalized spacial score (nSPS) is 23.9. The van der Waals surface area contributed by atoms with Crippen LogP contribution in [-0.2, 0) is 0 Å². The molecule has 3 atom stereocenters. The third-order valence-corrected chi connectivity index (χ3v) is 8.14. The second-order valence-electron chi connectivity index (χ2n) is 9.77. The molecule has 0 radical (unpaired) electrons. The van der Waals surface area contributed by atoms with Crippen LogP contribution in [0.25, 0.3) is 5.65 Å². The SMILES string of the molecule is CSNc1ccc(Cl)cc1C(=O)N1CCCCC1c1cc2nc(N3CC4CC3CN4)c(C)cn2n1. The van der Waals surface area contributed by atoms with E-state index >= 15 is 0 Å². The molecule has 2 aromatic heterocycles. The molecule has 1 aromatic carbocycles. The van der Waals surface area contributed by atoms with Gasteiger partial charge in [0.15, 0.2) is 5.65 Å². The number of piperazine rings is 1. The molecule has 3 aliphatic heterocycles. The number of nitrogens with one attached hydrogen (secondary N) is 2. The van der Waals surface area contributed by atoms with Gasteiger partial charge in [0.2, 0.25) is 0 Å². The first kappa shape index (κ1) is 22.9. The summed E-state index contributed by atoms with van der Waals surface area (Å²) in [6.45, 7) is 4.84. The van der Waals surface area contributed by atoms with Gasteiger partial charge in [-0.2, -0.15) is 5.10 Å². The van der Waals surface area contributed by atoms with E-state index in [4.69, 9.17) is 21.7 Å². The number of fused-ring (bicyclic) bond motifs is 3. The van der Waals surface area contributed by atoms with E-state index in [0.29, 0.717) is 29.2 Å². The number of nitrogens with zero attached hydrogens (tertiary/aromatic N) is 5. The summed E-state index contributed by atoms with van der Waals surface area (Å²) in [6, 6.07) is 8.49. The lowest BCUT2D eigenvalue weighted by molar-refractivity contribution is 0.0607. The van der Waals surface area contributed by atoms with Crippen LogP contribution in [0.2, 0.25) is 5.02 Å². The van der Waals surface area contributed by atoms with Crippen molar-refractivity contribution in [2.24, 2.45) is 0 Å². The zero-order valence-electron chi connectivity index (χ0n) is 20.0. The highest BCUT2D eigenvalue weighted by Gasteiger charge is 2.39. The molecule has 0 spiro atoms. The Hall–Kier alpha value is -2.49. The van der Waals surface area contributed by atoms with E-state index in [0.717, 1.165) is 60.8 Å². The molecule has 3 aromatic rings. The molecule has 3 unspecified atom stereocenters. The van der Waals surface area contributed by atoms with Gasteiger partial charge < -0.3 is 19.8 Å². The van der Waals surface area contributed by atoms with Gasteiger partial charge in [-0.25, -0.2) is 9.50 Å². The Kier molecular flexibility index (Phi) is 6.02. The predicted octanol–water partition coefficient (Wildman–Crippen LogP) is 4.30. The van der Waals surface area contributed by atoms with Crippen LogP contribution in [0, 0.1) is 6.92 Å². The van der Waals surface area contributed by atoms with Crippen molar-refractivity contribution < 1.29 is 4.79 Å². The van der Waals surface area contributed by atoms with Gasteiger partial charge in [0.1, 0.15) is 5.82 Å². The second-order valence-corrected chi connectivity index (χ2v) is 10.8. The van der Waals surface area contributed by atoms with E-state index in [1.54, 1.807) is 12.1 Å². The number of hydrogen-bond donors (Lipinski definition) is 2. The first-order chi connectivity index (χ1) is 17.0. The molecule has 0 aliphatic carbocycles. The average Bonchev–Trinajstić information content (AvgIpc) is 3.60. The molecular weight excluding hydrogens is 482 g/mol. The molecule has 10 heteroatoms. The molecule has 184 valence electrons. The first-order valence-corrected chi connectivity index (χ1v) is 13.9. The molecule has 3 saturated heterocycles. The van der Waals surface area contributed by atoms with E-state index in [9.17, 15) is 4.79 Å². The number of aromatic nitrogens is 3. The summed E-state index contributed by atoms with van der Waals surface area (Å²) in [7, 11) is 0. The van der Waals surface area contributed by atoms with E-state index in [1.165, 1.54) is 18.4 Å². The summed E-state index contributed by atoms with van der Waals surface area (Å²) < 4.78 is 5.09. The minimum Gasteiger partial charge on any atom is -0.350 e. The summed E-state index contributed by atoms with van der Waals surface area (Å²) >= 11 is 7.74. The van der Waals surface area contributed by atoms with Crippen molar-refractivity contribution >= 4 is 46.6 Å². The number of carbonyl (C=O) groups excluding carboxylic acids is 1. The van der Waals surface area contributed by atoms with Crippen molar-refractivity contribution in [1.82, 2.24) is 24.8 Å². The summed E-state index contributed by atoms with van der Waals surface area (Å²) in [4.78, 5) is 23.2. The summed E-state index contributed by atoms with van der Waals surface area (Å²) in [6.07, 6.45) is 8.13. The van der Waals surface area contributed by atoms with Crippen LogP contribution < -0.4 is 14.9 Å². The minimum atomic E-state index is -0.0881. The molecule has 6 rings (SSSR count). The van der Waals surface area contributed by atoms with E-state index in [-0.39, 0.29) is 11.9 Å². The molecule has 1 amide bonds. The number of benzene rings is 1. The summed E-state index contributed by atoms with van der Waals surface area (Å²) in [5.41, 5.74) is 4.23. The van der Waals surface area contributed by atoms with E-state index < -0.39 is 0 Å². The molecule has 35 heavy (non-hydrogen) atoms. The number of hydrogen-bond acceptors (Lipinski definition) is 7. The van der Waals surface area contributed by atoms with Gasteiger partial charge in [-0.15, -0.1) is 0 Å². The summed E-state index contributed by atoms with van der Waals surface area (Å²) in [5, 5.41) is 9.02. The van der Waals surface area contributed by atoms with Crippen LogP contribution in [-0.4, -0.2) is 63.4 Å². The molecular formula is C25H30ClN7OS. The maximum Gasteiger partial charge on any atom is 0.256 e. The largest absolute Gasteiger partial charge is 0.350 e. The van der Waals surface area contributed by atoms with Gasteiger partial charge in [0.25, 0.3) is 5.91 Å². The maximum absolute atomic E-state index is 13.8. The molecule has 8 nitrogen and oxygen atoms in total. The Morgan fingerprint density at radius 2 is 2.17 bits per heavy atom. The van der Waals surface area contributed by atoms with Gasteiger partial charge in [-0.1, -0.05) is 23.5 Å². The summed E-state index contributed by atoms with van der Waals surface area (Å²) in [5.74, 6) is 1.04. The van der Waals surface area contributed by atoms with Crippen molar-refractivity contribution in [2.75, 3.05) is 35.5 Å². The Labute approximate surface area is 214 Å². The number of amides is 1. The van der Waals surface area contributed by atoms with Crippen LogP contribution >= 0.6 is 23.5 Å². The van der Waals surface area contributed by atoms with Gasteiger partial charge in [-0.3, -0.25) is 4.79 Å². The fourth-order valence-electron chi connectivity index (χ4n) is 5.82. The molecule has 3 aliphatic rings. The van der Waals surface area contributed by atoms with Crippen LogP contribution in [0.3, 0.4) is 0 Å². The number of aryl methyl sites for hydroxylation is 1. The molecule has 3 fully saturated rings. The van der Waals surface area contributed by atoms with Gasteiger partial charge in [0.05, 0.1) is 23.0 Å². The topological polar surface area (TPSA) is 77.8 Å². The van der Waals surface area contributed by atoms with Crippen molar-refractivity contribution in [3.05, 3.63) is 52.3 Å². The lowest BCUT2D eigenvalue weighted by Crippen LogP contribution is -2.44. The monoisotopic (exact) mass is 511 g/mol. The predicted molar refractivity (Wildman–Crippen MR) is 141 cm³/mol. The van der Waals surface area contributed by atoms with Gasteiger partial charge in [-0.05, 0) is 50.8 Å². The number of piperidine rings is 1. The first-order valence-electron chi connectivity index (χ1n) is 12.3. The standard InChI is InChI=1S/C25H30ClN7OS/c1-15-13-33-23(28-24(15)32-14-17-10-18(32)12-27-17)11-21(29-33)22-5-3-4-8-31(22)25(34)19-9-16(26)6-7-20(19)30-35-2/h6-7,9,11,13,17-18,22,27,30H,3-5,8,10,12,14H2,1-2H3. The fraction of sp³-hybridized carbons (Fsp3) is 0.480. The molecule has 5 heterocycles. The Balaban J connectivity index is 1.33. The fourth-order valence-corrected chi connectivity index (χ4v) is 6.39. The number of halogens is 1. The second kappa shape index (κ2) is 9.19. The smallest absolute Gasteiger partial charge is 0.256 e. The van der Waals surface area contributed by atoms with Crippen LogP contribution in [0.4, 0.5) is 11.5 Å². The zero-order chi connectivity index (χ0) is 24.1. The maximum atomic E-state index is 13.8. The number of rotatable bonds is 5. The Morgan fingerprint density at radius 3 is 2.94 bits per heavy atom. The number of likely N-dealkylation sites (tertiary alicyclic amines) is 1. The molecule has 2 N–H and O–H groups in total. The highest BCUT2D eigenvalue weighted by molar-refractivity contribution is 7.99. The van der Waals surface area contributed by atoms with Crippen LogP contribution in [0.1, 0.15) is 53.3 Å². The van der Waals surface area contributed by atoms with E-state index in [2.05, 4.69) is 34.1 Å². The third-order valence-electron chi connectivity index (χ3n) is 7.48. The molecule has 2 bridgehead atoms. The molecule has 0 saturated carbocycles. The highest BCUT2D eigenvalue weighted by Crippen LogP contribution is 2.35. The highest BCUT2D eigenvalue weighted by atomic mass is 35.5. The number of anilines is 2. The quantitative estimate of drug-likeness (QED) is 0.494. The van der Waals surface area contributed by atoms with Gasteiger partial charge in [0, 0.05) is 60.8 Å². The Morgan fingerprint density at radius 1 is 1.29 bits per heavy atom. The van der Waals surface area contributed by atoms with Crippen molar-refractivity contribution in [3.8, 4) is 0 Å². The third kappa shape index (κ3) is 4.13. The lowest BCUT2D eigenvalue weighted by atomic mass is 9.98. The van der Waals surface area contributed by atoms with E-state index in [1.807, 2.05) is 21.7 Å². The van der Waals surface area contributed by atoms with Crippen molar-refractivity contribution in [1.29, 1.82) is 0 Å². The van der Waals surface area contributed by atoms with Gasteiger partial charge >= 0.3 is 0 Å². The lowest BCUT2D eigenvalue weighted by Gasteiger charge is -2.35.